The highest BCUT2D eigenvalue weighted by Crippen LogP contribution is 2.29. The van der Waals surface area contributed by atoms with Crippen molar-refractivity contribution < 1.29 is 13.2 Å². The molecule has 1 aliphatic carbocycles. The minimum atomic E-state index is -3.83. The first-order valence-electron chi connectivity index (χ1n) is 9.28. The average molecular weight is 401 g/mol. The molecule has 1 fully saturated rings. The van der Waals surface area contributed by atoms with E-state index in [1.54, 1.807) is 12.1 Å². The summed E-state index contributed by atoms with van der Waals surface area (Å²) in [5.74, 6) is -0.173. The van der Waals surface area contributed by atoms with Crippen LogP contribution in [0.25, 0.3) is 0 Å². The van der Waals surface area contributed by atoms with Crippen LogP contribution in [0.1, 0.15) is 52.4 Å². The lowest BCUT2D eigenvalue weighted by Crippen LogP contribution is -2.50. The van der Waals surface area contributed by atoms with E-state index in [4.69, 9.17) is 17.3 Å². The van der Waals surface area contributed by atoms with Crippen LogP contribution in [0.3, 0.4) is 0 Å². The van der Waals surface area contributed by atoms with Gasteiger partial charge in [-0.15, -0.1) is 0 Å². The number of hydrogen-bond donors (Lipinski definition) is 1. The zero-order valence-corrected chi connectivity index (χ0v) is 17.1. The van der Waals surface area contributed by atoms with Crippen LogP contribution < -0.4 is 5.73 Å². The van der Waals surface area contributed by atoms with E-state index in [0.29, 0.717) is 18.0 Å². The number of carbonyl (C=O) groups is 1. The van der Waals surface area contributed by atoms with Gasteiger partial charge in [-0.25, -0.2) is 8.42 Å². The van der Waals surface area contributed by atoms with E-state index in [9.17, 15) is 13.2 Å². The molecule has 0 heterocycles. The number of benzene rings is 1. The molecule has 1 aromatic carbocycles. The van der Waals surface area contributed by atoms with Crippen molar-refractivity contribution in [2.45, 2.75) is 63.3 Å². The van der Waals surface area contributed by atoms with Gasteiger partial charge in [0.25, 0.3) is 0 Å². The number of carbonyl (C=O) groups excluding carboxylic acids is 1. The van der Waals surface area contributed by atoms with Crippen molar-refractivity contribution in [3.8, 4) is 0 Å². The number of nitrogens with zero attached hydrogens (tertiary/aromatic N) is 1. The summed E-state index contributed by atoms with van der Waals surface area (Å²) in [7, 11) is -3.83. The Bertz CT molecular complexity index is 698. The molecule has 1 aromatic rings. The van der Waals surface area contributed by atoms with Gasteiger partial charge < -0.3 is 5.73 Å². The average Bonchev–Trinajstić information content (AvgIpc) is 2.58. The van der Waals surface area contributed by atoms with Crippen molar-refractivity contribution in [2.75, 3.05) is 6.54 Å². The van der Waals surface area contributed by atoms with Gasteiger partial charge in [-0.2, -0.15) is 4.31 Å². The Morgan fingerprint density at radius 1 is 1.19 bits per heavy atom. The lowest BCUT2D eigenvalue weighted by molar-refractivity contribution is -0.122. The van der Waals surface area contributed by atoms with Gasteiger partial charge in [0.15, 0.2) is 0 Å². The topological polar surface area (TPSA) is 80.5 Å². The normalized spacial score (nSPS) is 17.6. The maximum Gasteiger partial charge on any atom is 0.243 e. The van der Waals surface area contributed by atoms with Gasteiger partial charge in [-0.05, 0) is 55.4 Å². The maximum atomic E-state index is 13.3. The molecule has 1 atom stereocenters. The van der Waals surface area contributed by atoms with E-state index in [2.05, 4.69) is 0 Å². The highest BCUT2D eigenvalue weighted by molar-refractivity contribution is 7.89. The number of nitrogens with two attached hydrogens (primary N) is 1. The third-order valence-corrected chi connectivity index (χ3v) is 7.09. The molecule has 0 radical (unpaired) electrons. The minimum absolute atomic E-state index is 0.146. The monoisotopic (exact) mass is 400 g/mol. The van der Waals surface area contributed by atoms with Crippen molar-refractivity contribution in [1.82, 2.24) is 4.31 Å². The Balaban J connectivity index is 2.39. The third kappa shape index (κ3) is 5.44. The van der Waals surface area contributed by atoms with Crippen molar-refractivity contribution in [3.63, 3.8) is 0 Å². The van der Waals surface area contributed by atoms with Crippen molar-refractivity contribution in [2.24, 2.45) is 17.6 Å². The Morgan fingerprint density at radius 2 is 1.77 bits per heavy atom. The summed E-state index contributed by atoms with van der Waals surface area (Å²) in [6, 6.07) is 5.24. The second-order valence-corrected chi connectivity index (χ2v) is 9.91. The summed E-state index contributed by atoms with van der Waals surface area (Å²) in [5, 5.41) is 0.469. The van der Waals surface area contributed by atoms with Gasteiger partial charge in [-0.1, -0.05) is 44.7 Å². The second-order valence-electron chi connectivity index (χ2n) is 7.58. The standard InChI is InChI=1S/C19H29ClN2O3S/c1-14(2)12-18(19(21)23)22(13-15-6-4-3-5-7-15)26(24,25)17-10-8-16(20)9-11-17/h8-11,14-15,18H,3-7,12-13H2,1-2H3,(H2,21,23)/t18-/m1/s1. The van der Waals surface area contributed by atoms with Gasteiger partial charge in [0, 0.05) is 11.6 Å². The lowest BCUT2D eigenvalue weighted by Gasteiger charge is -2.34. The number of amides is 1. The zero-order chi connectivity index (χ0) is 19.3. The zero-order valence-electron chi connectivity index (χ0n) is 15.5. The van der Waals surface area contributed by atoms with E-state index in [-0.39, 0.29) is 16.7 Å². The molecule has 1 saturated carbocycles. The fourth-order valence-corrected chi connectivity index (χ4v) is 5.39. The molecule has 1 amide bonds. The molecular formula is C19H29ClN2O3S. The van der Waals surface area contributed by atoms with E-state index in [0.717, 1.165) is 25.7 Å². The predicted molar refractivity (Wildman–Crippen MR) is 104 cm³/mol. The van der Waals surface area contributed by atoms with E-state index < -0.39 is 22.0 Å². The molecule has 0 unspecified atom stereocenters. The molecule has 0 bridgehead atoms. The molecule has 5 nitrogen and oxygen atoms in total. The molecule has 0 aromatic heterocycles. The first-order valence-corrected chi connectivity index (χ1v) is 11.1. The summed E-state index contributed by atoms with van der Waals surface area (Å²) in [5.41, 5.74) is 5.62. The Kier molecular flexibility index (Phi) is 7.50. The maximum absolute atomic E-state index is 13.3. The van der Waals surface area contributed by atoms with Crippen molar-refractivity contribution in [3.05, 3.63) is 29.3 Å². The molecule has 146 valence electrons. The molecule has 0 spiro atoms. The number of halogens is 1. The molecule has 26 heavy (non-hydrogen) atoms. The van der Waals surface area contributed by atoms with Crippen LogP contribution in [0, 0.1) is 11.8 Å². The SMILES string of the molecule is CC(C)C[C@H](C(N)=O)N(CC1CCCCC1)S(=O)(=O)c1ccc(Cl)cc1. The van der Waals surface area contributed by atoms with Crippen LogP contribution in [0.2, 0.25) is 5.02 Å². The lowest BCUT2D eigenvalue weighted by atomic mass is 9.89. The van der Waals surface area contributed by atoms with Gasteiger partial charge in [-0.3, -0.25) is 4.79 Å². The van der Waals surface area contributed by atoms with Crippen molar-refractivity contribution >= 4 is 27.5 Å². The fourth-order valence-electron chi connectivity index (χ4n) is 3.58. The van der Waals surface area contributed by atoms with Crippen LogP contribution >= 0.6 is 11.6 Å². The van der Waals surface area contributed by atoms with Gasteiger partial charge in [0.1, 0.15) is 6.04 Å². The van der Waals surface area contributed by atoms with Crippen LogP contribution in [0.15, 0.2) is 29.2 Å². The molecular weight excluding hydrogens is 372 g/mol. The molecule has 1 aliphatic rings. The summed E-state index contributed by atoms with van der Waals surface area (Å²) in [6.07, 6.45) is 5.77. The van der Waals surface area contributed by atoms with E-state index >= 15 is 0 Å². The van der Waals surface area contributed by atoms with Gasteiger partial charge >= 0.3 is 0 Å². The largest absolute Gasteiger partial charge is 0.368 e. The molecule has 2 N–H and O–H groups in total. The van der Waals surface area contributed by atoms with Crippen LogP contribution in [0.4, 0.5) is 0 Å². The summed E-state index contributed by atoms with van der Waals surface area (Å²) in [6.45, 7) is 4.26. The first kappa shape index (κ1) is 21.2. The predicted octanol–water partition coefficient (Wildman–Crippen LogP) is 3.81. The Labute approximate surface area is 161 Å². The van der Waals surface area contributed by atoms with Gasteiger partial charge in [0.2, 0.25) is 15.9 Å². The van der Waals surface area contributed by atoms with Crippen LogP contribution in [-0.2, 0) is 14.8 Å². The van der Waals surface area contributed by atoms with E-state index in [1.807, 2.05) is 13.8 Å². The minimum Gasteiger partial charge on any atom is -0.368 e. The highest BCUT2D eigenvalue weighted by Gasteiger charge is 2.36. The molecule has 7 heteroatoms. The van der Waals surface area contributed by atoms with Crippen molar-refractivity contribution in [1.29, 1.82) is 0 Å². The van der Waals surface area contributed by atoms with E-state index in [1.165, 1.54) is 22.9 Å². The number of sulfonamides is 1. The third-order valence-electron chi connectivity index (χ3n) is 4.95. The highest BCUT2D eigenvalue weighted by atomic mass is 35.5. The number of rotatable bonds is 8. The summed E-state index contributed by atoms with van der Waals surface area (Å²) >= 11 is 5.90. The second kappa shape index (κ2) is 9.20. The Hall–Kier alpha value is -1.11. The smallest absolute Gasteiger partial charge is 0.243 e. The first-order chi connectivity index (χ1) is 12.2. The quantitative estimate of drug-likeness (QED) is 0.720. The summed E-state index contributed by atoms with van der Waals surface area (Å²) in [4.78, 5) is 12.3. The fraction of sp³-hybridized carbons (Fsp3) is 0.632. The molecule has 0 saturated heterocycles. The molecule has 0 aliphatic heterocycles. The van der Waals surface area contributed by atoms with Crippen LogP contribution in [-0.4, -0.2) is 31.2 Å². The molecule has 2 rings (SSSR count). The number of primary amides is 1. The van der Waals surface area contributed by atoms with Crippen LogP contribution in [0.5, 0.6) is 0 Å². The van der Waals surface area contributed by atoms with Gasteiger partial charge in [0.05, 0.1) is 4.90 Å². The summed E-state index contributed by atoms with van der Waals surface area (Å²) < 4.78 is 28.0. The Morgan fingerprint density at radius 3 is 2.27 bits per heavy atom. The number of hydrogen-bond acceptors (Lipinski definition) is 3.